The molecule has 0 fully saturated rings. The maximum atomic E-state index is 12.9. The molecule has 38 heavy (non-hydrogen) atoms. The summed E-state index contributed by atoms with van der Waals surface area (Å²) in [5.74, 6) is -0.189. The van der Waals surface area contributed by atoms with Crippen molar-refractivity contribution in [3.05, 3.63) is 64.2 Å². The third-order valence-electron chi connectivity index (χ3n) is 6.54. The number of unbranched alkanes of at least 4 members (excludes halogenated alkanes) is 1. The van der Waals surface area contributed by atoms with Crippen LogP contribution in [0.2, 0.25) is 0 Å². The normalized spacial score (nSPS) is 10.9. The largest absolute Gasteiger partial charge is 0.494 e. The van der Waals surface area contributed by atoms with Gasteiger partial charge in [-0.05, 0) is 74.1 Å². The summed E-state index contributed by atoms with van der Waals surface area (Å²) in [5.41, 5.74) is 6.91. The van der Waals surface area contributed by atoms with Gasteiger partial charge in [0.2, 0.25) is 5.91 Å². The minimum absolute atomic E-state index is 0.164. The molecule has 0 aromatic heterocycles. The third-order valence-corrected chi connectivity index (χ3v) is 6.54. The minimum atomic E-state index is -2.74. The van der Waals surface area contributed by atoms with E-state index in [0.29, 0.717) is 30.1 Å². The molecule has 0 aliphatic heterocycles. The van der Waals surface area contributed by atoms with Crippen LogP contribution in [0.5, 0.6) is 5.75 Å². The summed E-state index contributed by atoms with van der Waals surface area (Å²) in [5, 5.41) is 9.19. The first-order valence-electron chi connectivity index (χ1n) is 13.5. The van der Waals surface area contributed by atoms with Gasteiger partial charge < -0.3 is 10.5 Å². The predicted octanol–water partition coefficient (Wildman–Crippen LogP) is 7.98. The van der Waals surface area contributed by atoms with E-state index in [4.69, 9.17) is 10.5 Å². The second-order valence-electron chi connectivity index (χ2n) is 9.51. The quantitative estimate of drug-likeness (QED) is 0.252. The summed E-state index contributed by atoms with van der Waals surface area (Å²) in [4.78, 5) is 23.9. The molecule has 0 heterocycles. The van der Waals surface area contributed by atoms with Gasteiger partial charge in [-0.2, -0.15) is 5.26 Å². The Hall–Kier alpha value is -3.27. The van der Waals surface area contributed by atoms with Crippen LogP contribution in [-0.4, -0.2) is 18.3 Å². The van der Waals surface area contributed by atoms with Crippen molar-refractivity contribution in [3.8, 4) is 11.8 Å². The smallest absolute Gasteiger partial charge is 0.264 e. The highest BCUT2D eigenvalue weighted by Gasteiger charge is 2.38. The fourth-order valence-electron chi connectivity index (χ4n) is 4.72. The monoisotopic (exact) mass is 528 g/mol. The van der Waals surface area contributed by atoms with Crippen molar-refractivity contribution < 1.29 is 23.1 Å². The van der Waals surface area contributed by atoms with Crippen molar-refractivity contribution in [1.29, 1.82) is 5.26 Å². The van der Waals surface area contributed by atoms with Crippen LogP contribution in [0, 0.1) is 18.3 Å². The van der Waals surface area contributed by atoms with Gasteiger partial charge >= 0.3 is 0 Å². The third kappa shape index (κ3) is 8.93. The minimum Gasteiger partial charge on any atom is -0.494 e. The van der Waals surface area contributed by atoms with E-state index >= 15 is 0 Å². The first-order chi connectivity index (χ1) is 18.1. The number of amides is 1. The maximum Gasteiger partial charge on any atom is 0.264 e. The summed E-state index contributed by atoms with van der Waals surface area (Å²) in [6.07, 6.45) is 4.26. The van der Waals surface area contributed by atoms with E-state index in [-0.39, 0.29) is 11.1 Å². The Kier molecular flexibility index (Phi) is 14.3. The zero-order valence-corrected chi connectivity index (χ0v) is 23.4. The Morgan fingerprint density at radius 2 is 1.66 bits per heavy atom. The number of nitrogens with zero attached hydrogens (tertiary/aromatic N) is 1. The van der Waals surface area contributed by atoms with E-state index in [1.807, 2.05) is 25.1 Å². The lowest BCUT2D eigenvalue weighted by molar-refractivity contribution is -0.125. The number of carbonyl (C=O) groups excluding carboxylic acids is 2. The molecule has 208 valence electrons. The number of rotatable bonds is 14. The zero-order chi connectivity index (χ0) is 28.7. The summed E-state index contributed by atoms with van der Waals surface area (Å²) in [6, 6.07) is 11.9. The lowest BCUT2D eigenvalue weighted by Gasteiger charge is -2.34. The van der Waals surface area contributed by atoms with Gasteiger partial charge in [0.1, 0.15) is 11.5 Å². The highest BCUT2D eigenvalue weighted by Crippen LogP contribution is 2.39. The van der Waals surface area contributed by atoms with Crippen molar-refractivity contribution in [1.82, 2.24) is 0 Å². The topological polar surface area (TPSA) is 93.2 Å². The number of ketones is 1. The van der Waals surface area contributed by atoms with Gasteiger partial charge in [-0.1, -0.05) is 53.0 Å². The molecule has 2 aromatic rings. The van der Waals surface area contributed by atoms with Crippen molar-refractivity contribution in [2.24, 2.45) is 5.73 Å². The van der Waals surface area contributed by atoms with Crippen LogP contribution in [0.3, 0.4) is 0 Å². The second-order valence-corrected chi connectivity index (χ2v) is 9.51. The van der Waals surface area contributed by atoms with Gasteiger partial charge in [0, 0.05) is 17.5 Å². The van der Waals surface area contributed by atoms with Crippen LogP contribution in [0.15, 0.2) is 36.4 Å². The van der Waals surface area contributed by atoms with Gasteiger partial charge in [-0.3, -0.25) is 9.59 Å². The van der Waals surface area contributed by atoms with E-state index in [0.717, 1.165) is 56.1 Å². The van der Waals surface area contributed by atoms with E-state index in [1.54, 1.807) is 0 Å². The molecule has 0 bridgehead atoms. The highest BCUT2D eigenvalue weighted by molar-refractivity contribution is 5.94. The number of halogens is 2. The van der Waals surface area contributed by atoms with E-state index in [2.05, 4.69) is 33.8 Å². The number of Topliss-reactive ketones (excluding diaryl/α,β-unsaturated/α-hetero) is 1. The Labute approximate surface area is 226 Å². The van der Waals surface area contributed by atoms with Crippen molar-refractivity contribution in [2.75, 3.05) is 6.61 Å². The molecule has 0 radical (unpaired) electrons. The van der Waals surface area contributed by atoms with Gasteiger partial charge in [-0.25, -0.2) is 8.78 Å². The molecule has 2 N–H and O–H groups in total. The van der Waals surface area contributed by atoms with Gasteiger partial charge in [-0.15, -0.1) is 0 Å². The summed E-state index contributed by atoms with van der Waals surface area (Å²) in [6.45, 7) is 10.8. The molecule has 2 rings (SSSR count). The van der Waals surface area contributed by atoms with Crippen LogP contribution < -0.4 is 10.5 Å². The molecule has 0 saturated heterocycles. The Balaban J connectivity index is 0.000000389. The molecule has 0 spiro atoms. The number of benzene rings is 2. The van der Waals surface area contributed by atoms with E-state index < -0.39 is 17.7 Å². The number of aryl methyl sites for hydroxylation is 1. The maximum absolute atomic E-state index is 12.9. The van der Waals surface area contributed by atoms with Crippen LogP contribution in [0.25, 0.3) is 0 Å². The van der Waals surface area contributed by atoms with Crippen LogP contribution >= 0.6 is 0 Å². The molecule has 0 saturated carbocycles. The van der Waals surface area contributed by atoms with Crippen LogP contribution in [0.1, 0.15) is 118 Å². The molecular weight excluding hydrogens is 486 g/mol. The van der Waals surface area contributed by atoms with Crippen molar-refractivity contribution >= 4 is 11.7 Å². The highest BCUT2D eigenvalue weighted by atomic mass is 19.3. The number of ether oxygens (including phenoxy) is 1. The van der Waals surface area contributed by atoms with Gasteiger partial charge in [0.15, 0.2) is 0 Å². The standard InChI is InChI=1S/C19H27NO.C12H15F2NO2/c1-5-8-18(21)19(11-6-2,12-7-3)17-13-16(14-20)10-9-15(17)4;1-2-3-6-17-8-4-5-9(12(15)16)10(7-8)11(13)14/h9-10,13H,5-8,11-12H2,1-4H3;4-5,7,11H,2-3,6H2,1H3,(H2,15,16). The van der Waals surface area contributed by atoms with Gasteiger partial charge in [0.05, 0.1) is 23.7 Å². The number of nitrogens with two attached hydrogens (primary N) is 1. The van der Waals surface area contributed by atoms with Crippen molar-refractivity contribution in [2.45, 2.75) is 97.8 Å². The zero-order valence-electron chi connectivity index (χ0n) is 23.4. The summed E-state index contributed by atoms with van der Waals surface area (Å²) < 4.78 is 30.7. The van der Waals surface area contributed by atoms with Gasteiger partial charge in [0.25, 0.3) is 6.43 Å². The molecule has 2 aromatic carbocycles. The lowest BCUT2D eigenvalue weighted by atomic mass is 9.67. The molecule has 0 aliphatic carbocycles. The molecule has 0 atom stereocenters. The second kappa shape index (κ2) is 16.5. The number of hydrogen-bond donors (Lipinski definition) is 1. The number of hydrogen-bond acceptors (Lipinski definition) is 4. The number of alkyl halides is 2. The average Bonchev–Trinajstić information content (AvgIpc) is 2.89. The average molecular weight is 529 g/mol. The fourth-order valence-corrected chi connectivity index (χ4v) is 4.72. The first kappa shape index (κ1) is 32.8. The molecule has 0 unspecified atom stereocenters. The number of nitriles is 1. The van der Waals surface area contributed by atoms with E-state index in [9.17, 15) is 23.6 Å². The summed E-state index contributed by atoms with van der Waals surface area (Å²) in [7, 11) is 0. The lowest BCUT2D eigenvalue weighted by Crippen LogP contribution is -2.36. The molecular formula is C31H42F2N2O3. The predicted molar refractivity (Wildman–Crippen MR) is 148 cm³/mol. The Bertz CT molecular complexity index is 1090. The Morgan fingerprint density at radius 3 is 2.16 bits per heavy atom. The SMILES string of the molecule is CCCC(=O)C(CCC)(CCC)c1cc(C#N)ccc1C.CCCCOc1ccc(C(N)=O)c(C(F)F)c1. The molecule has 7 heteroatoms. The molecule has 0 aliphatic rings. The fraction of sp³-hybridized carbons (Fsp3) is 0.516. The van der Waals surface area contributed by atoms with E-state index in [1.165, 1.54) is 18.2 Å². The molecule has 5 nitrogen and oxygen atoms in total. The first-order valence-corrected chi connectivity index (χ1v) is 13.5. The summed E-state index contributed by atoms with van der Waals surface area (Å²) >= 11 is 0. The van der Waals surface area contributed by atoms with Crippen LogP contribution in [0.4, 0.5) is 8.78 Å². The van der Waals surface area contributed by atoms with Crippen LogP contribution in [-0.2, 0) is 10.2 Å². The van der Waals surface area contributed by atoms with Crippen molar-refractivity contribution in [3.63, 3.8) is 0 Å². The number of primary amides is 1. The molecule has 1 amide bonds. The number of carbonyl (C=O) groups is 2. The Morgan fingerprint density at radius 1 is 1.00 bits per heavy atom.